The van der Waals surface area contributed by atoms with Gasteiger partial charge in [-0.3, -0.25) is 9.78 Å². The number of nitrogens with zero attached hydrogens (tertiary/aromatic N) is 1. The average molecular weight is 289 g/mol. The standard InChI is InChI=1S/C17H27N3O/c1-4-6-17(7-8-17)12-20-16(21)14-11-19-13(3)10-15(14)18-9-5-2/h10-11H,4-9,12H2,1-3H3,(H,18,19)(H,20,21). The fraction of sp³-hybridized carbons (Fsp3) is 0.647. The minimum atomic E-state index is -0.0107. The van der Waals surface area contributed by atoms with Crippen molar-refractivity contribution in [1.82, 2.24) is 10.3 Å². The van der Waals surface area contributed by atoms with E-state index in [2.05, 4.69) is 29.5 Å². The van der Waals surface area contributed by atoms with Gasteiger partial charge in [0.2, 0.25) is 0 Å². The maximum absolute atomic E-state index is 12.4. The van der Waals surface area contributed by atoms with Crippen molar-refractivity contribution in [3.05, 3.63) is 23.5 Å². The highest BCUT2D eigenvalue weighted by Gasteiger charge is 2.41. The quantitative estimate of drug-likeness (QED) is 0.770. The predicted octanol–water partition coefficient (Wildman–Crippen LogP) is 3.52. The van der Waals surface area contributed by atoms with E-state index in [-0.39, 0.29) is 5.91 Å². The van der Waals surface area contributed by atoms with Gasteiger partial charge in [0.05, 0.1) is 11.3 Å². The molecule has 116 valence electrons. The SMILES string of the molecule is CCCNc1cc(C)ncc1C(=O)NCC1(CCC)CC1. The lowest BCUT2D eigenvalue weighted by Gasteiger charge is -2.16. The molecular formula is C17H27N3O. The van der Waals surface area contributed by atoms with E-state index in [9.17, 15) is 4.79 Å². The molecule has 1 saturated carbocycles. The van der Waals surface area contributed by atoms with E-state index in [0.717, 1.165) is 30.9 Å². The number of amides is 1. The van der Waals surface area contributed by atoms with Crippen molar-refractivity contribution in [1.29, 1.82) is 0 Å². The minimum absolute atomic E-state index is 0.0107. The van der Waals surface area contributed by atoms with Crippen molar-refractivity contribution in [2.75, 3.05) is 18.4 Å². The third kappa shape index (κ3) is 4.19. The monoisotopic (exact) mass is 289 g/mol. The van der Waals surface area contributed by atoms with Crippen LogP contribution in [0.2, 0.25) is 0 Å². The highest BCUT2D eigenvalue weighted by Crippen LogP contribution is 2.48. The van der Waals surface area contributed by atoms with Crippen LogP contribution in [0.5, 0.6) is 0 Å². The number of nitrogens with one attached hydrogen (secondary N) is 2. The molecule has 2 N–H and O–H groups in total. The van der Waals surface area contributed by atoms with E-state index in [1.54, 1.807) is 6.20 Å². The van der Waals surface area contributed by atoms with Gasteiger partial charge in [-0.15, -0.1) is 0 Å². The first-order chi connectivity index (χ1) is 10.1. The fourth-order valence-corrected chi connectivity index (χ4v) is 2.73. The largest absolute Gasteiger partial charge is 0.384 e. The van der Waals surface area contributed by atoms with E-state index in [1.807, 2.05) is 13.0 Å². The normalized spacial score (nSPS) is 15.6. The predicted molar refractivity (Wildman–Crippen MR) is 86.7 cm³/mol. The minimum Gasteiger partial charge on any atom is -0.384 e. The zero-order valence-electron chi connectivity index (χ0n) is 13.5. The maximum atomic E-state index is 12.4. The molecule has 0 spiro atoms. The number of hydrogen-bond donors (Lipinski definition) is 2. The van der Waals surface area contributed by atoms with Gasteiger partial charge in [0.25, 0.3) is 5.91 Å². The molecule has 2 rings (SSSR count). The molecule has 1 aliphatic rings. The zero-order chi connectivity index (χ0) is 15.3. The van der Waals surface area contributed by atoms with Crippen LogP contribution in [0.3, 0.4) is 0 Å². The lowest BCUT2D eigenvalue weighted by atomic mass is 10.0. The molecule has 0 aromatic carbocycles. The molecule has 1 amide bonds. The molecule has 0 aliphatic heterocycles. The highest BCUT2D eigenvalue weighted by molar-refractivity contribution is 5.99. The summed E-state index contributed by atoms with van der Waals surface area (Å²) in [5, 5.41) is 6.43. The molecule has 21 heavy (non-hydrogen) atoms. The molecule has 4 nitrogen and oxygen atoms in total. The first kappa shape index (κ1) is 15.8. The number of aromatic nitrogens is 1. The average Bonchev–Trinajstić information content (AvgIpc) is 3.23. The molecule has 1 fully saturated rings. The Kier molecular flexibility index (Phi) is 5.21. The van der Waals surface area contributed by atoms with Crippen molar-refractivity contribution >= 4 is 11.6 Å². The molecule has 4 heteroatoms. The van der Waals surface area contributed by atoms with Crippen LogP contribution >= 0.6 is 0 Å². The summed E-state index contributed by atoms with van der Waals surface area (Å²) in [5.74, 6) is -0.0107. The Hall–Kier alpha value is -1.58. The van der Waals surface area contributed by atoms with E-state index < -0.39 is 0 Å². The highest BCUT2D eigenvalue weighted by atomic mass is 16.1. The van der Waals surface area contributed by atoms with Crippen molar-refractivity contribution in [2.45, 2.75) is 52.9 Å². The third-order valence-electron chi connectivity index (χ3n) is 4.21. The maximum Gasteiger partial charge on any atom is 0.254 e. The van der Waals surface area contributed by atoms with Gasteiger partial charge < -0.3 is 10.6 Å². The van der Waals surface area contributed by atoms with Crippen molar-refractivity contribution < 1.29 is 4.79 Å². The summed E-state index contributed by atoms with van der Waals surface area (Å²) in [5.41, 5.74) is 2.85. The topological polar surface area (TPSA) is 54.0 Å². The van der Waals surface area contributed by atoms with Gasteiger partial charge in [0, 0.05) is 25.0 Å². The van der Waals surface area contributed by atoms with Gasteiger partial charge in [-0.05, 0) is 44.1 Å². The van der Waals surface area contributed by atoms with Crippen LogP contribution in [-0.2, 0) is 0 Å². The number of hydrogen-bond acceptors (Lipinski definition) is 3. The molecule has 0 unspecified atom stereocenters. The Balaban J connectivity index is 2.01. The molecular weight excluding hydrogens is 262 g/mol. The van der Waals surface area contributed by atoms with Crippen LogP contribution in [-0.4, -0.2) is 24.0 Å². The Bertz CT molecular complexity index is 495. The molecule has 1 aliphatic carbocycles. The lowest BCUT2D eigenvalue weighted by Crippen LogP contribution is -2.31. The number of rotatable bonds is 8. The fourth-order valence-electron chi connectivity index (χ4n) is 2.73. The van der Waals surface area contributed by atoms with Crippen molar-refractivity contribution in [3.8, 4) is 0 Å². The van der Waals surface area contributed by atoms with Gasteiger partial charge >= 0.3 is 0 Å². The molecule has 0 atom stereocenters. The molecule has 0 saturated heterocycles. The number of anilines is 1. The van der Waals surface area contributed by atoms with Gasteiger partial charge in [-0.2, -0.15) is 0 Å². The molecule has 1 aromatic rings. The summed E-state index contributed by atoms with van der Waals surface area (Å²) in [6.07, 6.45) is 7.60. The van der Waals surface area contributed by atoms with Crippen molar-refractivity contribution in [2.24, 2.45) is 5.41 Å². The second-order valence-corrected chi connectivity index (χ2v) is 6.23. The van der Waals surface area contributed by atoms with Gasteiger partial charge in [0.15, 0.2) is 0 Å². The van der Waals surface area contributed by atoms with Gasteiger partial charge in [-0.25, -0.2) is 0 Å². The first-order valence-corrected chi connectivity index (χ1v) is 8.09. The summed E-state index contributed by atoms with van der Waals surface area (Å²) in [6, 6.07) is 1.95. The van der Waals surface area contributed by atoms with Crippen LogP contribution in [0.4, 0.5) is 5.69 Å². The summed E-state index contributed by atoms with van der Waals surface area (Å²) < 4.78 is 0. The Morgan fingerprint density at radius 2 is 2.10 bits per heavy atom. The first-order valence-electron chi connectivity index (χ1n) is 8.09. The molecule has 1 heterocycles. The molecule has 0 bridgehead atoms. The van der Waals surface area contributed by atoms with Crippen LogP contribution in [0, 0.1) is 12.3 Å². The van der Waals surface area contributed by atoms with Crippen LogP contribution < -0.4 is 10.6 Å². The zero-order valence-corrected chi connectivity index (χ0v) is 13.5. The number of aryl methyl sites for hydroxylation is 1. The smallest absolute Gasteiger partial charge is 0.254 e. The van der Waals surface area contributed by atoms with E-state index >= 15 is 0 Å². The number of carbonyl (C=O) groups excluding carboxylic acids is 1. The van der Waals surface area contributed by atoms with E-state index in [1.165, 1.54) is 25.7 Å². The number of pyridine rings is 1. The summed E-state index contributed by atoms with van der Waals surface area (Å²) in [7, 11) is 0. The molecule has 0 radical (unpaired) electrons. The summed E-state index contributed by atoms with van der Waals surface area (Å²) >= 11 is 0. The van der Waals surface area contributed by atoms with Gasteiger partial charge in [-0.1, -0.05) is 20.3 Å². The second kappa shape index (κ2) is 6.92. The summed E-state index contributed by atoms with van der Waals surface area (Å²) in [6.45, 7) is 7.92. The number of carbonyl (C=O) groups is 1. The van der Waals surface area contributed by atoms with E-state index in [0.29, 0.717) is 11.0 Å². The van der Waals surface area contributed by atoms with E-state index in [4.69, 9.17) is 0 Å². The Morgan fingerprint density at radius 1 is 1.33 bits per heavy atom. The van der Waals surface area contributed by atoms with Crippen LogP contribution in [0.15, 0.2) is 12.3 Å². The lowest BCUT2D eigenvalue weighted by molar-refractivity contribution is 0.0944. The summed E-state index contributed by atoms with van der Waals surface area (Å²) in [4.78, 5) is 16.7. The third-order valence-corrected chi connectivity index (χ3v) is 4.21. The van der Waals surface area contributed by atoms with Crippen molar-refractivity contribution in [3.63, 3.8) is 0 Å². The Labute approximate surface area is 127 Å². The van der Waals surface area contributed by atoms with Gasteiger partial charge in [0.1, 0.15) is 0 Å². The molecule has 1 aromatic heterocycles. The van der Waals surface area contributed by atoms with Crippen LogP contribution in [0.1, 0.15) is 62.0 Å². The van der Waals surface area contributed by atoms with Crippen LogP contribution in [0.25, 0.3) is 0 Å². The second-order valence-electron chi connectivity index (χ2n) is 6.23. The Morgan fingerprint density at radius 3 is 2.71 bits per heavy atom.